The number of halogens is 4. The van der Waals surface area contributed by atoms with Crippen molar-refractivity contribution in [3.05, 3.63) is 64.8 Å². The zero-order valence-electron chi connectivity index (χ0n) is 16.1. The molecule has 0 bridgehead atoms. The third-order valence-corrected chi connectivity index (χ3v) is 5.48. The van der Waals surface area contributed by atoms with Gasteiger partial charge in [-0.3, -0.25) is 4.79 Å². The smallest absolute Gasteiger partial charge is 0.342 e. The number of benzene rings is 1. The van der Waals surface area contributed by atoms with Gasteiger partial charge in [0.25, 0.3) is 5.91 Å². The Labute approximate surface area is 180 Å². The van der Waals surface area contributed by atoms with Crippen LogP contribution in [0.2, 0.25) is 5.02 Å². The minimum Gasteiger partial charge on any atom is -0.342 e. The van der Waals surface area contributed by atoms with Crippen molar-refractivity contribution in [1.29, 1.82) is 0 Å². The lowest BCUT2D eigenvalue weighted by Gasteiger charge is -2.15. The van der Waals surface area contributed by atoms with Gasteiger partial charge in [-0.2, -0.15) is 23.0 Å². The number of pyridine rings is 1. The summed E-state index contributed by atoms with van der Waals surface area (Å²) in [5.41, 5.74) is -1.32. The van der Waals surface area contributed by atoms with Crippen LogP contribution in [0.3, 0.4) is 0 Å². The second-order valence-corrected chi connectivity index (χ2v) is 9.03. The van der Waals surface area contributed by atoms with Crippen LogP contribution in [0.1, 0.15) is 34.7 Å². The average molecular weight is 474 g/mol. The quantitative estimate of drug-likeness (QED) is 0.609. The molecule has 2 aromatic heterocycles. The summed E-state index contributed by atoms with van der Waals surface area (Å²) in [6, 6.07) is 4.52. The number of carbonyl (C=O) groups excluding carboxylic acids is 1. The van der Waals surface area contributed by atoms with E-state index in [9.17, 15) is 26.4 Å². The Balaban J connectivity index is 1.84. The lowest BCUT2D eigenvalue weighted by Crippen LogP contribution is -2.29. The number of nitrogens with one attached hydrogen (secondary N) is 1. The molecule has 164 valence electrons. The topological polar surface area (TPSA) is 107 Å². The summed E-state index contributed by atoms with van der Waals surface area (Å²) < 4.78 is 63.4. The molecule has 0 spiro atoms. The first-order valence-electron chi connectivity index (χ1n) is 8.61. The van der Waals surface area contributed by atoms with Crippen molar-refractivity contribution in [2.75, 3.05) is 6.26 Å². The Morgan fingerprint density at radius 1 is 1.19 bits per heavy atom. The summed E-state index contributed by atoms with van der Waals surface area (Å²) in [7, 11) is -3.43. The minimum atomic E-state index is -4.66. The predicted octanol–water partition coefficient (Wildman–Crippen LogP) is 3.23. The van der Waals surface area contributed by atoms with Gasteiger partial charge in [0, 0.05) is 23.0 Å². The number of rotatable bonds is 5. The molecule has 0 unspecified atom stereocenters. The summed E-state index contributed by atoms with van der Waals surface area (Å²) in [6.07, 6.45) is -1.26. The van der Waals surface area contributed by atoms with E-state index in [-0.39, 0.29) is 27.1 Å². The zero-order valence-corrected chi connectivity index (χ0v) is 17.6. The maximum Gasteiger partial charge on any atom is 0.416 e. The molecule has 0 fully saturated rings. The summed E-state index contributed by atoms with van der Waals surface area (Å²) in [5, 5.41) is 6.32. The second kappa shape index (κ2) is 8.27. The fourth-order valence-corrected chi connectivity index (χ4v) is 3.46. The number of alkyl halides is 3. The standard InChI is InChI=1S/C18H15ClF3N5O3S/c1-10(26-17(28)11-5-12(18(20,21)22)7-13(19)6-11)16-24-9-25-27(16)15-4-3-14(8-23-15)31(2,29)30/h3-10H,1-2H3,(H,26,28)/t10-/m0/s1. The number of hydrogen-bond acceptors (Lipinski definition) is 6. The molecule has 1 amide bonds. The van der Waals surface area contributed by atoms with Crippen molar-refractivity contribution in [2.45, 2.75) is 24.0 Å². The van der Waals surface area contributed by atoms with Crippen LogP contribution in [0.4, 0.5) is 13.2 Å². The first-order valence-corrected chi connectivity index (χ1v) is 10.9. The van der Waals surface area contributed by atoms with Gasteiger partial charge in [-0.25, -0.2) is 18.4 Å². The van der Waals surface area contributed by atoms with Gasteiger partial charge in [-0.1, -0.05) is 11.6 Å². The lowest BCUT2D eigenvalue weighted by atomic mass is 10.1. The molecule has 31 heavy (non-hydrogen) atoms. The normalized spacial score (nSPS) is 13.1. The molecule has 0 aliphatic rings. The van der Waals surface area contributed by atoms with E-state index in [0.29, 0.717) is 6.07 Å². The highest BCUT2D eigenvalue weighted by Crippen LogP contribution is 2.32. The van der Waals surface area contributed by atoms with Crippen LogP contribution >= 0.6 is 11.6 Å². The van der Waals surface area contributed by atoms with Crippen LogP contribution in [0.15, 0.2) is 47.8 Å². The minimum absolute atomic E-state index is 0.0145. The van der Waals surface area contributed by atoms with Gasteiger partial charge >= 0.3 is 6.18 Å². The molecule has 2 heterocycles. The van der Waals surface area contributed by atoms with E-state index in [1.807, 2.05) is 0 Å². The summed E-state index contributed by atoms with van der Waals surface area (Å²) in [5.74, 6) is -0.329. The van der Waals surface area contributed by atoms with Crippen LogP contribution in [0, 0.1) is 0 Å². The van der Waals surface area contributed by atoms with E-state index < -0.39 is 33.5 Å². The van der Waals surface area contributed by atoms with Crippen molar-refractivity contribution in [3.8, 4) is 5.82 Å². The number of hydrogen-bond donors (Lipinski definition) is 1. The van der Waals surface area contributed by atoms with Crippen molar-refractivity contribution < 1.29 is 26.4 Å². The summed E-state index contributed by atoms with van der Waals surface area (Å²) in [4.78, 5) is 20.6. The molecule has 8 nitrogen and oxygen atoms in total. The third-order valence-electron chi connectivity index (χ3n) is 4.16. The molecule has 3 rings (SSSR count). The van der Waals surface area contributed by atoms with Crippen molar-refractivity contribution in [2.24, 2.45) is 0 Å². The zero-order chi connectivity index (χ0) is 23.0. The number of aromatic nitrogens is 4. The van der Waals surface area contributed by atoms with Gasteiger partial charge in [0.2, 0.25) is 0 Å². The highest BCUT2D eigenvalue weighted by molar-refractivity contribution is 7.90. The van der Waals surface area contributed by atoms with Gasteiger partial charge < -0.3 is 5.32 Å². The largest absolute Gasteiger partial charge is 0.416 e. The fourth-order valence-electron chi connectivity index (χ4n) is 2.67. The lowest BCUT2D eigenvalue weighted by molar-refractivity contribution is -0.137. The Morgan fingerprint density at radius 2 is 1.90 bits per heavy atom. The molecule has 0 aliphatic heterocycles. The first-order chi connectivity index (χ1) is 14.4. The maximum atomic E-state index is 13.0. The highest BCUT2D eigenvalue weighted by Gasteiger charge is 2.32. The monoisotopic (exact) mass is 473 g/mol. The van der Waals surface area contributed by atoms with Crippen LogP contribution in [-0.4, -0.2) is 40.3 Å². The third kappa shape index (κ3) is 5.20. The Hall–Kier alpha value is -2.99. The van der Waals surface area contributed by atoms with Crippen LogP contribution in [0.5, 0.6) is 0 Å². The molecule has 0 radical (unpaired) electrons. The second-order valence-electron chi connectivity index (χ2n) is 6.58. The number of sulfone groups is 1. The van der Waals surface area contributed by atoms with Crippen molar-refractivity contribution in [3.63, 3.8) is 0 Å². The highest BCUT2D eigenvalue weighted by atomic mass is 35.5. The molecule has 0 aliphatic carbocycles. The first kappa shape index (κ1) is 22.7. The molecule has 3 aromatic rings. The van der Waals surface area contributed by atoms with Crippen LogP contribution < -0.4 is 5.32 Å². The van der Waals surface area contributed by atoms with E-state index in [0.717, 1.165) is 24.6 Å². The van der Waals surface area contributed by atoms with Gasteiger partial charge in [0.05, 0.1) is 16.5 Å². The van der Waals surface area contributed by atoms with E-state index >= 15 is 0 Å². The van der Waals surface area contributed by atoms with Gasteiger partial charge in [0.1, 0.15) is 6.33 Å². The Morgan fingerprint density at radius 3 is 2.48 bits per heavy atom. The number of nitrogens with zero attached hydrogens (tertiary/aromatic N) is 4. The van der Waals surface area contributed by atoms with E-state index in [4.69, 9.17) is 11.6 Å². The maximum absolute atomic E-state index is 13.0. The molecular formula is C18H15ClF3N5O3S. The van der Waals surface area contributed by atoms with Gasteiger partial charge in [-0.15, -0.1) is 0 Å². The number of amides is 1. The molecule has 1 N–H and O–H groups in total. The molecule has 1 aromatic carbocycles. The van der Waals surface area contributed by atoms with E-state index in [2.05, 4.69) is 20.4 Å². The molecule has 13 heteroatoms. The Bertz CT molecular complexity index is 1230. The van der Waals surface area contributed by atoms with Crippen molar-refractivity contribution in [1.82, 2.24) is 25.1 Å². The van der Waals surface area contributed by atoms with E-state index in [1.165, 1.54) is 23.1 Å². The average Bonchev–Trinajstić information content (AvgIpc) is 3.16. The summed E-state index contributed by atoms with van der Waals surface area (Å²) in [6.45, 7) is 1.55. The summed E-state index contributed by atoms with van der Waals surface area (Å²) >= 11 is 5.73. The van der Waals surface area contributed by atoms with Crippen LogP contribution in [0.25, 0.3) is 5.82 Å². The molecule has 0 saturated carbocycles. The molecule has 1 atom stereocenters. The van der Waals surface area contributed by atoms with Crippen molar-refractivity contribution >= 4 is 27.3 Å². The molecule has 0 saturated heterocycles. The SMILES string of the molecule is C[C@H](NC(=O)c1cc(Cl)cc(C(F)(F)F)c1)c1ncnn1-c1ccc(S(C)(=O)=O)cn1. The van der Waals surface area contributed by atoms with Gasteiger partial charge in [-0.05, 0) is 37.3 Å². The Kier molecular flexibility index (Phi) is 6.05. The fraction of sp³-hybridized carbons (Fsp3) is 0.222. The predicted molar refractivity (Wildman–Crippen MR) is 105 cm³/mol. The van der Waals surface area contributed by atoms with Gasteiger partial charge in [0.15, 0.2) is 21.5 Å². The number of carbonyl (C=O) groups is 1. The van der Waals surface area contributed by atoms with Crippen LogP contribution in [-0.2, 0) is 16.0 Å². The molecular weight excluding hydrogens is 459 g/mol. The van der Waals surface area contributed by atoms with E-state index in [1.54, 1.807) is 6.92 Å².